The van der Waals surface area contributed by atoms with Gasteiger partial charge in [0.2, 0.25) is 11.8 Å². The number of amides is 1. The van der Waals surface area contributed by atoms with E-state index in [1.807, 2.05) is 0 Å². The predicted molar refractivity (Wildman–Crippen MR) is 75.1 cm³/mol. The number of anilines is 1. The van der Waals surface area contributed by atoms with Crippen LogP contribution in [0.15, 0.2) is 18.2 Å². The molecule has 3 rings (SSSR count). The fourth-order valence-electron chi connectivity index (χ4n) is 2.11. The van der Waals surface area contributed by atoms with Crippen molar-refractivity contribution in [1.82, 2.24) is 20.1 Å². The van der Waals surface area contributed by atoms with Crippen molar-refractivity contribution in [2.75, 3.05) is 5.73 Å². The summed E-state index contributed by atoms with van der Waals surface area (Å²) in [6.45, 7) is 0.0929. The number of hydrogen-bond donors (Lipinski definition) is 2. The van der Waals surface area contributed by atoms with Crippen LogP contribution >= 0.6 is 11.6 Å². The largest absolute Gasteiger partial charge is 0.366 e. The molecular weight excluding hydrogens is 297 g/mol. The Hall–Kier alpha value is -2.15. The Balaban J connectivity index is 1.87. The van der Waals surface area contributed by atoms with Crippen LogP contribution in [0.3, 0.4) is 0 Å². The van der Waals surface area contributed by atoms with Crippen LogP contribution in [0.25, 0.3) is 0 Å². The van der Waals surface area contributed by atoms with Gasteiger partial charge in [-0.05, 0) is 25.0 Å². The molecule has 110 valence electrons. The fourth-order valence-corrected chi connectivity index (χ4v) is 2.34. The van der Waals surface area contributed by atoms with E-state index in [1.54, 1.807) is 11.0 Å². The van der Waals surface area contributed by atoms with Crippen molar-refractivity contribution in [3.63, 3.8) is 0 Å². The number of rotatable bonds is 4. The van der Waals surface area contributed by atoms with Crippen LogP contribution in [-0.2, 0) is 6.54 Å². The molecule has 2 aromatic rings. The van der Waals surface area contributed by atoms with Crippen LogP contribution in [-0.4, -0.2) is 32.0 Å². The Morgan fingerprint density at radius 3 is 2.86 bits per heavy atom. The van der Waals surface area contributed by atoms with Gasteiger partial charge in [-0.25, -0.2) is 4.39 Å². The standard InChI is InChI=1S/C13H13ClFN5O/c14-9-2-1-3-10(15)8(9)6-20(7-4-5-7)12(21)11-17-13(16)19-18-11/h1-3,7H,4-6H2,(H3,16,17,18,19). The summed E-state index contributed by atoms with van der Waals surface area (Å²) >= 11 is 6.02. The molecule has 0 aliphatic heterocycles. The maximum absolute atomic E-state index is 13.9. The van der Waals surface area contributed by atoms with Gasteiger partial charge in [-0.2, -0.15) is 4.98 Å². The van der Waals surface area contributed by atoms with Crippen molar-refractivity contribution < 1.29 is 9.18 Å². The van der Waals surface area contributed by atoms with Gasteiger partial charge in [0, 0.05) is 16.6 Å². The van der Waals surface area contributed by atoms with Crippen molar-refractivity contribution in [3.8, 4) is 0 Å². The number of nitrogens with one attached hydrogen (secondary N) is 1. The summed E-state index contributed by atoms with van der Waals surface area (Å²) < 4.78 is 13.9. The van der Waals surface area contributed by atoms with Crippen LogP contribution in [0.4, 0.5) is 10.3 Å². The number of hydrogen-bond acceptors (Lipinski definition) is 4. The molecule has 0 atom stereocenters. The smallest absolute Gasteiger partial charge is 0.291 e. The highest BCUT2D eigenvalue weighted by Gasteiger charge is 2.35. The number of carbonyl (C=O) groups is 1. The van der Waals surface area contributed by atoms with E-state index < -0.39 is 5.82 Å². The molecule has 1 amide bonds. The van der Waals surface area contributed by atoms with Gasteiger partial charge in [-0.15, -0.1) is 5.10 Å². The molecule has 1 aromatic heterocycles. The highest BCUT2D eigenvalue weighted by atomic mass is 35.5. The number of nitrogen functional groups attached to an aromatic ring is 1. The zero-order chi connectivity index (χ0) is 15.0. The number of benzene rings is 1. The monoisotopic (exact) mass is 309 g/mol. The van der Waals surface area contributed by atoms with Crippen molar-refractivity contribution in [3.05, 3.63) is 40.4 Å². The normalized spacial score (nSPS) is 14.2. The number of nitrogens with zero attached hydrogens (tertiary/aromatic N) is 3. The quantitative estimate of drug-likeness (QED) is 0.904. The Bertz CT molecular complexity index is 665. The molecule has 0 bridgehead atoms. The van der Waals surface area contributed by atoms with Crippen LogP contribution in [0.2, 0.25) is 5.02 Å². The van der Waals surface area contributed by atoms with Crippen LogP contribution in [0.5, 0.6) is 0 Å². The summed E-state index contributed by atoms with van der Waals surface area (Å²) in [6.07, 6.45) is 1.75. The third kappa shape index (κ3) is 2.82. The topological polar surface area (TPSA) is 87.9 Å². The predicted octanol–water partition coefficient (Wildman–Crippen LogP) is 1.98. The zero-order valence-electron chi connectivity index (χ0n) is 11.0. The second kappa shape index (κ2) is 5.33. The zero-order valence-corrected chi connectivity index (χ0v) is 11.8. The summed E-state index contributed by atoms with van der Waals surface area (Å²) in [4.78, 5) is 17.8. The molecule has 1 heterocycles. The lowest BCUT2D eigenvalue weighted by molar-refractivity contribution is 0.0716. The molecule has 1 aliphatic rings. The van der Waals surface area contributed by atoms with Gasteiger partial charge in [0.1, 0.15) is 5.82 Å². The van der Waals surface area contributed by atoms with Crippen molar-refractivity contribution in [1.29, 1.82) is 0 Å². The number of halogens is 2. The highest BCUT2D eigenvalue weighted by Crippen LogP contribution is 2.31. The number of nitrogens with two attached hydrogens (primary N) is 1. The molecule has 1 aromatic carbocycles. The molecule has 0 saturated heterocycles. The Morgan fingerprint density at radius 2 is 2.29 bits per heavy atom. The molecule has 1 saturated carbocycles. The third-order valence-corrected chi connectivity index (χ3v) is 3.70. The SMILES string of the molecule is Nc1n[nH]c(C(=O)N(Cc2c(F)cccc2Cl)C2CC2)n1. The molecule has 6 nitrogen and oxygen atoms in total. The minimum Gasteiger partial charge on any atom is -0.366 e. The van der Waals surface area contributed by atoms with Crippen LogP contribution in [0.1, 0.15) is 29.0 Å². The maximum Gasteiger partial charge on any atom is 0.291 e. The summed E-state index contributed by atoms with van der Waals surface area (Å²) in [5.41, 5.74) is 5.70. The molecule has 0 spiro atoms. The van der Waals surface area contributed by atoms with Crippen molar-refractivity contribution >= 4 is 23.5 Å². The first kappa shape index (κ1) is 13.8. The first-order valence-electron chi connectivity index (χ1n) is 6.48. The Labute approximate surface area is 125 Å². The Kier molecular flexibility index (Phi) is 3.50. The van der Waals surface area contributed by atoms with Crippen molar-refractivity contribution in [2.45, 2.75) is 25.4 Å². The highest BCUT2D eigenvalue weighted by molar-refractivity contribution is 6.31. The Morgan fingerprint density at radius 1 is 1.52 bits per heavy atom. The first-order chi connectivity index (χ1) is 10.1. The van der Waals surface area contributed by atoms with Gasteiger partial charge in [0.25, 0.3) is 5.91 Å². The molecule has 1 aliphatic carbocycles. The van der Waals surface area contributed by atoms with Crippen LogP contribution < -0.4 is 5.73 Å². The maximum atomic E-state index is 13.9. The van der Waals surface area contributed by atoms with Crippen LogP contribution in [0, 0.1) is 5.82 Å². The molecule has 0 unspecified atom stereocenters. The molecule has 0 radical (unpaired) electrons. The van der Waals surface area contributed by atoms with E-state index in [9.17, 15) is 9.18 Å². The number of H-pyrrole nitrogens is 1. The van der Waals surface area contributed by atoms with Gasteiger partial charge in [0.05, 0.1) is 6.54 Å². The van der Waals surface area contributed by atoms with Gasteiger partial charge in [-0.1, -0.05) is 17.7 Å². The lowest BCUT2D eigenvalue weighted by Gasteiger charge is -2.22. The van der Waals surface area contributed by atoms with Gasteiger partial charge < -0.3 is 10.6 Å². The lowest BCUT2D eigenvalue weighted by atomic mass is 10.2. The third-order valence-electron chi connectivity index (χ3n) is 3.34. The summed E-state index contributed by atoms with van der Waals surface area (Å²) in [7, 11) is 0. The average Bonchev–Trinajstić information content (AvgIpc) is 3.19. The van der Waals surface area contributed by atoms with E-state index in [1.165, 1.54) is 12.1 Å². The van der Waals surface area contributed by atoms with Gasteiger partial charge >= 0.3 is 0 Å². The van der Waals surface area contributed by atoms with Gasteiger partial charge in [0.15, 0.2) is 0 Å². The van der Waals surface area contributed by atoms with E-state index in [0.717, 1.165) is 12.8 Å². The number of aromatic amines is 1. The van der Waals surface area contributed by atoms with Gasteiger partial charge in [-0.3, -0.25) is 9.89 Å². The van der Waals surface area contributed by atoms with E-state index in [0.29, 0.717) is 10.6 Å². The molecule has 1 fully saturated rings. The van der Waals surface area contributed by atoms with E-state index in [4.69, 9.17) is 17.3 Å². The van der Waals surface area contributed by atoms with E-state index in [-0.39, 0.29) is 30.3 Å². The van der Waals surface area contributed by atoms with E-state index >= 15 is 0 Å². The molecule has 8 heteroatoms. The molecular formula is C13H13ClFN5O. The fraction of sp³-hybridized carbons (Fsp3) is 0.308. The number of carbonyl (C=O) groups excluding carboxylic acids is 1. The first-order valence-corrected chi connectivity index (χ1v) is 6.86. The lowest BCUT2D eigenvalue weighted by Crippen LogP contribution is -2.33. The average molecular weight is 310 g/mol. The second-order valence-electron chi connectivity index (χ2n) is 4.91. The number of aromatic nitrogens is 3. The van der Waals surface area contributed by atoms with Crippen molar-refractivity contribution in [2.24, 2.45) is 0 Å². The van der Waals surface area contributed by atoms with E-state index in [2.05, 4.69) is 15.2 Å². The minimum absolute atomic E-state index is 0.00183. The summed E-state index contributed by atoms with van der Waals surface area (Å²) in [6, 6.07) is 4.52. The molecule has 21 heavy (non-hydrogen) atoms. The minimum atomic E-state index is -0.432. The molecule has 3 N–H and O–H groups in total. The summed E-state index contributed by atoms with van der Waals surface area (Å²) in [5, 5.41) is 6.41. The second-order valence-corrected chi connectivity index (χ2v) is 5.31. The summed E-state index contributed by atoms with van der Waals surface area (Å²) in [5.74, 6) is -0.746.